The van der Waals surface area contributed by atoms with E-state index in [1.165, 1.54) is 19.1 Å². The lowest BCUT2D eigenvalue weighted by Gasteiger charge is -2.07. The van der Waals surface area contributed by atoms with Crippen molar-refractivity contribution < 1.29 is 13.2 Å². The SMILES string of the molecule is CC(=O)Nc1ccc(S(=O)(=O)NCc2cn3ccc(C)cc3n2)cc1. The molecule has 0 saturated carbocycles. The number of fused-ring (bicyclic) bond motifs is 1. The lowest BCUT2D eigenvalue weighted by atomic mass is 10.3. The van der Waals surface area contributed by atoms with E-state index in [2.05, 4.69) is 15.0 Å². The van der Waals surface area contributed by atoms with Crippen LogP contribution in [0.2, 0.25) is 0 Å². The number of aryl methyl sites for hydroxylation is 1. The van der Waals surface area contributed by atoms with Crippen molar-refractivity contribution in [2.75, 3.05) is 5.32 Å². The van der Waals surface area contributed by atoms with Crippen molar-refractivity contribution >= 4 is 27.3 Å². The summed E-state index contributed by atoms with van der Waals surface area (Å²) < 4.78 is 29.1. The fraction of sp³-hybridized carbons (Fsp3) is 0.176. The van der Waals surface area contributed by atoms with Crippen molar-refractivity contribution in [2.45, 2.75) is 25.3 Å². The van der Waals surface area contributed by atoms with Crippen molar-refractivity contribution in [3.63, 3.8) is 0 Å². The molecule has 1 aromatic carbocycles. The largest absolute Gasteiger partial charge is 0.326 e. The summed E-state index contributed by atoms with van der Waals surface area (Å²) in [6.45, 7) is 3.46. The number of carbonyl (C=O) groups excluding carboxylic acids is 1. The van der Waals surface area contributed by atoms with Crippen molar-refractivity contribution in [1.29, 1.82) is 0 Å². The zero-order valence-corrected chi connectivity index (χ0v) is 14.7. The number of nitrogens with zero attached hydrogens (tertiary/aromatic N) is 2. The number of anilines is 1. The molecule has 3 rings (SSSR count). The van der Waals surface area contributed by atoms with Crippen LogP contribution in [0.3, 0.4) is 0 Å². The van der Waals surface area contributed by atoms with Gasteiger partial charge in [-0.1, -0.05) is 0 Å². The highest BCUT2D eigenvalue weighted by Gasteiger charge is 2.14. The highest BCUT2D eigenvalue weighted by molar-refractivity contribution is 7.89. The third-order valence-electron chi connectivity index (χ3n) is 3.59. The number of benzene rings is 1. The Morgan fingerprint density at radius 3 is 2.60 bits per heavy atom. The first-order chi connectivity index (χ1) is 11.8. The Labute approximate surface area is 145 Å². The number of amides is 1. The fourth-order valence-corrected chi connectivity index (χ4v) is 3.39. The maximum atomic E-state index is 12.4. The molecule has 0 bridgehead atoms. The Morgan fingerprint density at radius 2 is 1.92 bits per heavy atom. The maximum absolute atomic E-state index is 12.4. The number of carbonyl (C=O) groups is 1. The van der Waals surface area contributed by atoms with Crippen LogP contribution < -0.4 is 10.0 Å². The van der Waals surface area contributed by atoms with E-state index in [-0.39, 0.29) is 17.3 Å². The van der Waals surface area contributed by atoms with Gasteiger partial charge in [-0.15, -0.1) is 0 Å². The summed E-state index contributed by atoms with van der Waals surface area (Å²) in [5.41, 5.74) is 3.03. The van der Waals surface area contributed by atoms with Crippen LogP contribution in [0.15, 0.2) is 53.7 Å². The number of hydrogen-bond acceptors (Lipinski definition) is 4. The van der Waals surface area contributed by atoms with Crippen LogP contribution in [-0.4, -0.2) is 23.7 Å². The zero-order valence-electron chi connectivity index (χ0n) is 13.9. The Morgan fingerprint density at radius 1 is 1.20 bits per heavy atom. The van der Waals surface area contributed by atoms with E-state index in [4.69, 9.17) is 0 Å². The van der Waals surface area contributed by atoms with Gasteiger partial charge in [0.25, 0.3) is 0 Å². The van der Waals surface area contributed by atoms with Crippen LogP contribution in [-0.2, 0) is 21.4 Å². The van der Waals surface area contributed by atoms with E-state index < -0.39 is 10.0 Å². The van der Waals surface area contributed by atoms with Crippen LogP contribution in [0.25, 0.3) is 5.65 Å². The van der Waals surface area contributed by atoms with Gasteiger partial charge in [-0.3, -0.25) is 4.79 Å². The van der Waals surface area contributed by atoms with Crippen LogP contribution in [0.1, 0.15) is 18.2 Å². The van der Waals surface area contributed by atoms with E-state index in [0.717, 1.165) is 11.2 Å². The highest BCUT2D eigenvalue weighted by Crippen LogP contribution is 2.15. The third kappa shape index (κ3) is 4.04. The average Bonchev–Trinajstić information content (AvgIpc) is 2.95. The van der Waals surface area contributed by atoms with E-state index in [9.17, 15) is 13.2 Å². The number of aromatic nitrogens is 2. The first-order valence-electron chi connectivity index (χ1n) is 7.65. The van der Waals surface area contributed by atoms with Gasteiger partial charge < -0.3 is 9.72 Å². The molecule has 2 N–H and O–H groups in total. The lowest BCUT2D eigenvalue weighted by molar-refractivity contribution is -0.114. The van der Waals surface area contributed by atoms with E-state index in [0.29, 0.717) is 11.4 Å². The van der Waals surface area contributed by atoms with Crippen LogP contribution in [0.4, 0.5) is 5.69 Å². The second kappa shape index (κ2) is 6.66. The Hall–Kier alpha value is -2.71. The summed E-state index contributed by atoms with van der Waals surface area (Å²) in [6.07, 6.45) is 3.67. The second-order valence-corrected chi connectivity index (χ2v) is 7.50. The quantitative estimate of drug-likeness (QED) is 0.730. The first-order valence-corrected chi connectivity index (χ1v) is 9.13. The zero-order chi connectivity index (χ0) is 18.0. The summed E-state index contributed by atoms with van der Waals surface area (Å²) in [4.78, 5) is 15.5. The molecule has 0 aliphatic heterocycles. The molecule has 0 aliphatic rings. The monoisotopic (exact) mass is 358 g/mol. The molecule has 2 aromatic heterocycles. The predicted octanol–water partition coefficient (Wildman–Crippen LogP) is 2.08. The van der Waals surface area contributed by atoms with Crippen molar-refractivity contribution in [2.24, 2.45) is 0 Å². The van der Waals surface area contributed by atoms with Gasteiger partial charge in [0, 0.05) is 25.0 Å². The van der Waals surface area contributed by atoms with Crippen molar-refractivity contribution in [3.05, 3.63) is 60.0 Å². The highest BCUT2D eigenvalue weighted by atomic mass is 32.2. The Bertz CT molecular complexity index is 1020. The van der Waals surface area contributed by atoms with Gasteiger partial charge in [0.05, 0.1) is 17.1 Å². The molecule has 3 aromatic rings. The molecule has 0 spiro atoms. The summed E-state index contributed by atoms with van der Waals surface area (Å²) >= 11 is 0. The molecule has 0 radical (unpaired) electrons. The lowest BCUT2D eigenvalue weighted by Crippen LogP contribution is -2.23. The minimum absolute atomic E-state index is 0.0938. The molecule has 0 unspecified atom stereocenters. The molecule has 2 heterocycles. The number of hydrogen-bond donors (Lipinski definition) is 2. The molecule has 0 aliphatic carbocycles. The normalized spacial score (nSPS) is 11.6. The van der Waals surface area contributed by atoms with E-state index in [1.807, 2.05) is 29.7 Å². The van der Waals surface area contributed by atoms with Gasteiger partial charge >= 0.3 is 0 Å². The van der Waals surface area contributed by atoms with Gasteiger partial charge in [-0.25, -0.2) is 18.1 Å². The molecule has 8 heteroatoms. The second-order valence-electron chi connectivity index (χ2n) is 5.73. The summed E-state index contributed by atoms with van der Waals surface area (Å²) in [7, 11) is -3.66. The molecule has 0 saturated heterocycles. The summed E-state index contributed by atoms with van der Waals surface area (Å²) in [6, 6.07) is 9.87. The Kier molecular flexibility index (Phi) is 4.56. The van der Waals surface area contributed by atoms with Crippen LogP contribution >= 0.6 is 0 Å². The molecule has 25 heavy (non-hydrogen) atoms. The van der Waals surface area contributed by atoms with Crippen molar-refractivity contribution in [1.82, 2.24) is 14.1 Å². The average molecular weight is 358 g/mol. The minimum atomic E-state index is -3.66. The minimum Gasteiger partial charge on any atom is -0.326 e. The first kappa shape index (κ1) is 17.1. The fourth-order valence-electron chi connectivity index (χ4n) is 2.39. The molecular formula is C17H18N4O3S. The summed E-state index contributed by atoms with van der Waals surface area (Å²) in [5, 5.41) is 2.59. The third-order valence-corrected chi connectivity index (χ3v) is 5.01. The van der Waals surface area contributed by atoms with Gasteiger partial charge in [-0.2, -0.15) is 0 Å². The number of sulfonamides is 1. The number of imidazole rings is 1. The van der Waals surface area contributed by atoms with Crippen LogP contribution in [0.5, 0.6) is 0 Å². The van der Waals surface area contributed by atoms with E-state index in [1.54, 1.807) is 18.3 Å². The maximum Gasteiger partial charge on any atom is 0.240 e. The number of pyridine rings is 1. The number of nitrogens with one attached hydrogen (secondary N) is 2. The van der Waals surface area contributed by atoms with Crippen LogP contribution in [0, 0.1) is 6.92 Å². The number of rotatable bonds is 5. The van der Waals surface area contributed by atoms with Crippen molar-refractivity contribution in [3.8, 4) is 0 Å². The van der Waals surface area contributed by atoms with Gasteiger partial charge in [0.2, 0.25) is 15.9 Å². The predicted molar refractivity (Wildman–Crippen MR) is 94.7 cm³/mol. The molecule has 1 amide bonds. The van der Waals surface area contributed by atoms with E-state index >= 15 is 0 Å². The van der Waals surface area contributed by atoms with Gasteiger partial charge in [0.15, 0.2) is 0 Å². The molecule has 130 valence electrons. The van der Waals surface area contributed by atoms with Gasteiger partial charge in [-0.05, 0) is 48.9 Å². The molecule has 0 fully saturated rings. The Balaban J connectivity index is 1.73. The topological polar surface area (TPSA) is 92.6 Å². The smallest absolute Gasteiger partial charge is 0.240 e. The molecule has 7 nitrogen and oxygen atoms in total. The summed E-state index contributed by atoms with van der Waals surface area (Å²) in [5.74, 6) is -0.212. The molecular weight excluding hydrogens is 340 g/mol. The van der Waals surface area contributed by atoms with Gasteiger partial charge in [0.1, 0.15) is 5.65 Å². The molecule has 0 atom stereocenters. The standard InChI is InChI=1S/C17H18N4O3S/c1-12-7-8-21-11-15(20-17(21)9-12)10-18-25(23,24)16-5-3-14(4-6-16)19-13(2)22/h3-9,11,18H,10H2,1-2H3,(H,19,22).